The number of nitrogens with zero attached hydrogens (tertiary/aromatic N) is 1. The van der Waals surface area contributed by atoms with Crippen LogP contribution in [0.4, 0.5) is 0 Å². The second-order valence-electron chi connectivity index (χ2n) is 5.45. The van der Waals surface area contributed by atoms with Crippen LogP contribution in [0.25, 0.3) is 0 Å². The molecule has 2 fully saturated rings. The first kappa shape index (κ1) is 13.1. The van der Waals surface area contributed by atoms with Crippen LogP contribution in [0.1, 0.15) is 37.9 Å². The summed E-state index contributed by atoms with van der Waals surface area (Å²) in [5.74, 6) is 0. The zero-order valence-corrected chi connectivity index (χ0v) is 11.7. The van der Waals surface area contributed by atoms with Gasteiger partial charge >= 0.3 is 0 Å². The summed E-state index contributed by atoms with van der Waals surface area (Å²) < 4.78 is 12.3. The monoisotopic (exact) mass is 261 g/mol. The number of morpholine rings is 1. The van der Waals surface area contributed by atoms with Gasteiger partial charge in [-0.3, -0.25) is 4.90 Å². The Morgan fingerprint density at radius 3 is 2.79 bits per heavy atom. The first-order valence-corrected chi connectivity index (χ1v) is 7.42. The van der Waals surface area contributed by atoms with Crippen LogP contribution in [0.5, 0.6) is 0 Å². The van der Waals surface area contributed by atoms with E-state index < -0.39 is 0 Å². The van der Waals surface area contributed by atoms with Crippen molar-refractivity contribution < 1.29 is 9.47 Å². The number of hydrogen-bond donors (Lipinski definition) is 0. The number of unbranched alkanes of at least 4 members (excludes halogenated alkanes) is 1. The number of rotatable bonds is 4. The molecular formula is C16H23NO2. The maximum absolute atomic E-state index is 6.21. The topological polar surface area (TPSA) is 21.7 Å². The van der Waals surface area contributed by atoms with Crippen molar-refractivity contribution in [1.29, 1.82) is 0 Å². The van der Waals surface area contributed by atoms with Crippen molar-refractivity contribution >= 4 is 0 Å². The van der Waals surface area contributed by atoms with Gasteiger partial charge in [0, 0.05) is 13.1 Å². The van der Waals surface area contributed by atoms with E-state index in [-0.39, 0.29) is 11.8 Å². The van der Waals surface area contributed by atoms with Gasteiger partial charge in [-0.25, -0.2) is 0 Å². The van der Waals surface area contributed by atoms with Crippen LogP contribution >= 0.6 is 0 Å². The average Bonchev–Trinajstić information content (AvgIpc) is 2.89. The molecule has 0 spiro atoms. The molecule has 2 unspecified atom stereocenters. The molecule has 1 aromatic rings. The van der Waals surface area contributed by atoms with Gasteiger partial charge in [-0.1, -0.05) is 43.7 Å². The van der Waals surface area contributed by atoms with E-state index in [4.69, 9.17) is 9.47 Å². The Morgan fingerprint density at radius 1 is 1.21 bits per heavy atom. The maximum Gasteiger partial charge on any atom is 0.152 e. The highest BCUT2D eigenvalue weighted by atomic mass is 16.6. The number of ether oxygens (including phenoxy) is 2. The minimum absolute atomic E-state index is 0.0523. The summed E-state index contributed by atoms with van der Waals surface area (Å²) in [6.07, 6.45) is 3.49. The predicted molar refractivity (Wildman–Crippen MR) is 74.9 cm³/mol. The van der Waals surface area contributed by atoms with Crippen LogP contribution < -0.4 is 0 Å². The normalized spacial score (nSPS) is 31.3. The van der Waals surface area contributed by atoms with E-state index in [0.717, 1.165) is 32.7 Å². The first-order chi connectivity index (χ1) is 9.37. The first-order valence-electron chi connectivity index (χ1n) is 7.42. The van der Waals surface area contributed by atoms with Crippen molar-refractivity contribution in [2.24, 2.45) is 0 Å². The lowest BCUT2D eigenvalue weighted by Crippen LogP contribution is -2.55. The van der Waals surface area contributed by atoms with E-state index in [1.165, 1.54) is 18.4 Å². The van der Waals surface area contributed by atoms with Crippen molar-refractivity contribution in [3.8, 4) is 0 Å². The Hall–Kier alpha value is -0.900. The quantitative estimate of drug-likeness (QED) is 0.831. The molecule has 3 rings (SSSR count). The van der Waals surface area contributed by atoms with Gasteiger partial charge in [0.25, 0.3) is 0 Å². The third kappa shape index (κ3) is 2.31. The van der Waals surface area contributed by atoms with Crippen molar-refractivity contribution in [3.05, 3.63) is 35.9 Å². The zero-order chi connectivity index (χ0) is 13.1. The summed E-state index contributed by atoms with van der Waals surface area (Å²) in [7, 11) is 0. The lowest BCUT2D eigenvalue weighted by molar-refractivity contribution is -0.220. The van der Waals surface area contributed by atoms with Crippen LogP contribution in [0.3, 0.4) is 0 Å². The van der Waals surface area contributed by atoms with Gasteiger partial charge in [-0.2, -0.15) is 0 Å². The molecule has 2 aliphatic rings. The molecule has 1 aromatic carbocycles. The fourth-order valence-corrected chi connectivity index (χ4v) is 3.34. The number of fused-ring (bicyclic) bond motifs is 1. The Morgan fingerprint density at radius 2 is 2.00 bits per heavy atom. The molecule has 0 radical (unpaired) electrons. The minimum atomic E-state index is -0.227. The predicted octanol–water partition coefficient (Wildman–Crippen LogP) is 2.98. The molecule has 104 valence electrons. The largest absolute Gasteiger partial charge is 0.368 e. The molecule has 0 aliphatic carbocycles. The van der Waals surface area contributed by atoms with Crippen molar-refractivity contribution in [2.75, 3.05) is 26.3 Å². The Labute approximate surface area is 115 Å². The van der Waals surface area contributed by atoms with Gasteiger partial charge in [0.15, 0.2) is 5.72 Å². The Balaban J connectivity index is 1.91. The highest BCUT2D eigenvalue weighted by Crippen LogP contribution is 2.44. The smallest absolute Gasteiger partial charge is 0.152 e. The molecule has 2 heterocycles. The summed E-state index contributed by atoms with van der Waals surface area (Å²) >= 11 is 0. The second kappa shape index (κ2) is 5.61. The van der Waals surface area contributed by atoms with Crippen LogP contribution in [-0.4, -0.2) is 36.9 Å². The van der Waals surface area contributed by atoms with Gasteiger partial charge in [-0.15, -0.1) is 0 Å². The Bertz CT molecular complexity index is 408. The summed E-state index contributed by atoms with van der Waals surface area (Å²) in [6, 6.07) is 10.5. The van der Waals surface area contributed by atoms with Crippen molar-refractivity contribution in [1.82, 2.24) is 4.90 Å². The van der Waals surface area contributed by atoms with Crippen LogP contribution in [0, 0.1) is 0 Å². The number of benzene rings is 1. The lowest BCUT2D eigenvalue weighted by Gasteiger charge is -2.46. The standard InChI is InChI=1S/C16H23NO2/c1-2-3-9-16-15(14-7-5-4-6-8-14)18-12-10-17(16)11-13-19-16/h4-8,15H,2-3,9-13H2,1H3. The maximum atomic E-state index is 6.21. The van der Waals surface area contributed by atoms with E-state index in [2.05, 4.69) is 42.2 Å². The van der Waals surface area contributed by atoms with Gasteiger partial charge in [0.05, 0.1) is 13.2 Å². The van der Waals surface area contributed by atoms with Gasteiger partial charge < -0.3 is 9.47 Å². The van der Waals surface area contributed by atoms with E-state index >= 15 is 0 Å². The van der Waals surface area contributed by atoms with Crippen LogP contribution in [-0.2, 0) is 9.47 Å². The van der Waals surface area contributed by atoms with Gasteiger partial charge in [0.2, 0.25) is 0 Å². The molecule has 0 amide bonds. The number of hydrogen-bond acceptors (Lipinski definition) is 3. The second-order valence-corrected chi connectivity index (χ2v) is 5.45. The highest BCUT2D eigenvalue weighted by molar-refractivity contribution is 5.22. The fraction of sp³-hybridized carbons (Fsp3) is 0.625. The van der Waals surface area contributed by atoms with Gasteiger partial charge in [-0.05, 0) is 18.4 Å². The van der Waals surface area contributed by atoms with E-state index in [0.29, 0.717) is 0 Å². The molecule has 0 bridgehead atoms. The molecule has 2 saturated heterocycles. The molecule has 0 aromatic heterocycles. The SMILES string of the molecule is CCCCC12OCCN1CCOC2c1ccccc1. The van der Waals surface area contributed by atoms with Crippen LogP contribution in [0.15, 0.2) is 30.3 Å². The summed E-state index contributed by atoms with van der Waals surface area (Å²) in [6.45, 7) is 5.90. The van der Waals surface area contributed by atoms with Crippen molar-refractivity contribution in [3.63, 3.8) is 0 Å². The molecule has 0 saturated carbocycles. The summed E-state index contributed by atoms with van der Waals surface area (Å²) in [5.41, 5.74) is 1.01. The molecule has 0 N–H and O–H groups in total. The zero-order valence-electron chi connectivity index (χ0n) is 11.7. The Kier molecular flexibility index (Phi) is 3.87. The molecule has 3 nitrogen and oxygen atoms in total. The minimum Gasteiger partial charge on any atom is -0.368 e. The van der Waals surface area contributed by atoms with E-state index in [1.807, 2.05) is 0 Å². The van der Waals surface area contributed by atoms with Gasteiger partial charge in [0.1, 0.15) is 6.10 Å². The third-order valence-corrected chi connectivity index (χ3v) is 4.29. The van der Waals surface area contributed by atoms with Crippen LogP contribution in [0.2, 0.25) is 0 Å². The fourth-order valence-electron chi connectivity index (χ4n) is 3.34. The molecule has 19 heavy (non-hydrogen) atoms. The molecule has 2 atom stereocenters. The summed E-state index contributed by atoms with van der Waals surface area (Å²) in [4.78, 5) is 2.49. The summed E-state index contributed by atoms with van der Waals surface area (Å²) in [5, 5.41) is 0. The van der Waals surface area contributed by atoms with Crippen molar-refractivity contribution in [2.45, 2.75) is 38.0 Å². The molecular weight excluding hydrogens is 238 g/mol. The molecule has 3 heteroatoms. The van der Waals surface area contributed by atoms with E-state index in [1.54, 1.807) is 0 Å². The third-order valence-electron chi connectivity index (χ3n) is 4.29. The average molecular weight is 261 g/mol. The highest BCUT2D eigenvalue weighted by Gasteiger charge is 2.51. The van der Waals surface area contributed by atoms with E-state index in [9.17, 15) is 0 Å². The lowest BCUT2D eigenvalue weighted by atomic mass is 9.91. The molecule has 2 aliphatic heterocycles.